The quantitative estimate of drug-likeness (QED) is 0.209. The maximum absolute atomic E-state index is 9.74. The Morgan fingerprint density at radius 1 is 0.786 bits per heavy atom. The van der Waals surface area contributed by atoms with Crippen LogP contribution in [-0.2, 0) is 4.74 Å². The predicted octanol–water partition coefficient (Wildman–Crippen LogP) is 5.12. The average Bonchev–Trinajstić information content (AvgIpc) is 3.02. The molecular formula is C24H47NO3. The monoisotopic (exact) mass is 397 g/mol. The molecule has 1 aliphatic rings. The van der Waals surface area contributed by atoms with Gasteiger partial charge < -0.3 is 20.3 Å². The SMILES string of the molecule is CCCCCCCC/C=C\CCCCCCCCOCC[C@H]1NC[C@H](O)[C@@H]1O. The number of hydrogen-bond acceptors (Lipinski definition) is 4. The lowest BCUT2D eigenvalue weighted by molar-refractivity contribution is 0.0313. The lowest BCUT2D eigenvalue weighted by atomic mass is 10.1. The van der Waals surface area contributed by atoms with Gasteiger partial charge in [0.05, 0.1) is 12.2 Å². The van der Waals surface area contributed by atoms with Crippen LogP contribution in [0.5, 0.6) is 0 Å². The zero-order chi connectivity index (χ0) is 20.3. The number of β-amino-alcohol motifs (C(OH)–C–C–N with tert-alkyl or cyclic N) is 1. The maximum atomic E-state index is 9.74. The lowest BCUT2D eigenvalue weighted by Gasteiger charge is -2.15. The third-order valence-corrected chi connectivity index (χ3v) is 5.77. The summed E-state index contributed by atoms with van der Waals surface area (Å²) >= 11 is 0. The van der Waals surface area contributed by atoms with Gasteiger partial charge in [-0.3, -0.25) is 0 Å². The minimum atomic E-state index is -0.644. The second kappa shape index (κ2) is 18.6. The molecule has 1 heterocycles. The van der Waals surface area contributed by atoms with Crippen LogP contribution in [0.1, 0.15) is 103 Å². The molecule has 4 nitrogen and oxygen atoms in total. The van der Waals surface area contributed by atoms with Crippen LogP contribution >= 0.6 is 0 Å². The maximum Gasteiger partial charge on any atom is 0.0964 e. The summed E-state index contributed by atoms with van der Waals surface area (Å²) in [5.41, 5.74) is 0. The topological polar surface area (TPSA) is 61.7 Å². The Labute approximate surface area is 174 Å². The van der Waals surface area contributed by atoms with Gasteiger partial charge in [-0.15, -0.1) is 0 Å². The molecule has 0 spiro atoms. The molecule has 28 heavy (non-hydrogen) atoms. The molecule has 0 radical (unpaired) electrons. The molecule has 0 aromatic heterocycles. The van der Waals surface area contributed by atoms with Crippen LogP contribution < -0.4 is 5.32 Å². The van der Waals surface area contributed by atoms with Crippen LogP contribution in [0.2, 0.25) is 0 Å². The van der Waals surface area contributed by atoms with Gasteiger partial charge in [-0.1, -0.05) is 76.9 Å². The lowest BCUT2D eigenvalue weighted by Crippen LogP contribution is -2.34. The minimum absolute atomic E-state index is 0.0187. The first kappa shape index (κ1) is 25.6. The molecule has 0 saturated carbocycles. The number of aliphatic hydroxyl groups is 2. The van der Waals surface area contributed by atoms with Gasteiger partial charge in [-0.05, 0) is 38.5 Å². The number of nitrogens with one attached hydrogen (secondary N) is 1. The number of allylic oxidation sites excluding steroid dienone is 2. The van der Waals surface area contributed by atoms with E-state index in [9.17, 15) is 10.2 Å². The van der Waals surface area contributed by atoms with Crippen LogP contribution in [0.15, 0.2) is 12.2 Å². The summed E-state index contributed by atoms with van der Waals surface area (Å²) in [5, 5.41) is 22.3. The third kappa shape index (κ3) is 13.7. The van der Waals surface area contributed by atoms with Crippen LogP contribution in [0, 0.1) is 0 Å². The van der Waals surface area contributed by atoms with Crippen LogP contribution in [0.3, 0.4) is 0 Å². The van der Waals surface area contributed by atoms with Gasteiger partial charge in [-0.25, -0.2) is 0 Å². The highest BCUT2D eigenvalue weighted by molar-refractivity contribution is 4.90. The summed E-state index contributed by atoms with van der Waals surface area (Å²) < 4.78 is 5.66. The summed E-state index contributed by atoms with van der Waals surface area (Å²) in [6.45, 7) is 4.23. The fraction of sp³-hybridized carbons (Fsp3) is 0.917. The normalized spacial score (nSPS) is 22.5. The Balaban J connectivity index is 1.72. The van der Waals surface area contributed by atoms with Crippen molar-refractivity contribution in [3.8, 4) is 0 Å². The summed E-state index contributed by atoms with van der Waals surface area (Å²) in [7, 11) is 0. The van der Waals surface area contributed by atoms with Crippen molar-refractivity contribution in [2.75, 3.05) is 19.8 Å². The molecule has 0 unspecified atom stereocenters. The Morgan fingerprint density at radius 2 is 1.36 bits per heavy atom. The van der Waals surface area contributed by atoms with Gasteiger partial charge in [0.25, 0.3) is 0 Å². The van der Waals surface area contributed by atoms with E-state index in [0.717, 1.165) is 19.4 Å². The number of hydrogen-bond donors (Lipinski definition) is 3. The molecule has 0 aromatic rings. The molecule has 0 aliphatic carbocycles. The molecule has 3 atom stereocenters. The highest BCUT2D eigenvalue weighted by Crippen LogP contribution is 2.12. The fourth-order valence-corrected chi connectivity index (χ4v) is 3.82. The van der Waals surface area contributed by atoms with E-state index in [1.165, 1.54) is 83.5 Å². The molecule has 166 valence electrons. The second-order valence-electron chi connectivity index (χ2n) is 8.41. The first-order valence-corrected chi connectivity index (χ1v) is 12.1. The van der Waals surface area contributed by atoms with Crippen LogP contribution in [0.4, 0.5) is 0 Å². The molecule has 0 aromatic carbocycles. The first-order chi connectivity index (χ1) is 13.8. The van der Waals surface area contributed by atoms with Gasteiger partial charge in [0.15, 0.2) is 0 Å². The summed E-state index contributed by atoms with van der Waals surface area (Å²) in [6.07, 6.45) is 22.8. The zero-order valence-corrected chi connectivity index (χ0v) is 18.4. The second-order valence-corrected chi connectivity index (χ2v) is 8.41. The van der Waals surface area contributed by atoms with Gasteiger partial charge in [-0.2, -0.15) is 0 Å². The molecule has 1 rings (SSSR count). The van der Waals surface area contributed by atoms with Gasteiger partial charge >= 0.3 is 0 Å². The van der Waals surface area contributed by atoms with E-state index < -0.39 is 12.2 Å². The molecule has 1 saturated heterocycles. The molecular weight excluding hydrogens is 350 g/mol. The van der Waals surface area contributed by atoms with Crippen LogP contribution in [-0.4, -0.2) is 48.2 Å². The number of aliphatic hydroxyl groups excluding tert-OH is 2. The predicted molar refractivity (Wildman–Crippen MR) is 119 cm³/mol. The molecule has 1 fully saturated rings. The number of rotatable bonds is 19. The zero-order valence-electron chi connectivity index (χ0n) is 18.4. The van der Waals surface area contributed by atoms with Crippen molar-refractivity contribution in [3.05, 3.63) is 12.2 Å². The Morgan fingerprint density at radius 3 is 1.93 bits per heavy atom. The number of ether oxygens (including phenoxy) is 1. The standard InChI is InChI=1S/C24H47NO3/c1-2-3-4-5-6-7-8-9-10-11-12-13-14-15-16-17-19-28-20-18-22-24(27)23(26)21-25-22/h9-10,22-27H,2-8,11-21H2,1H3/b10-9-/t22-,23+,24-/m1/s1. The Kier molecular flexibility index (Phi) is 17.0. The van der Waals surface area contributed by atoms with Crippen molar-refractivity contribution in [1.29, 1.82) is 0 Å². The third-order valence-electron chi connectivity index (χ3n) is 5.77. The molecule has 0 amide bonds. The molecule has 0 bridgehead atoms. The smallest absolute Gasteiger partial charge is 0.0964 e. The summed E-state index contributed by atoms with van der Waals surface area (Å²) in [4.78, 5) is 0. The largest absolute Gasteiger partial charge is 0.389 e. The summed E-state index contributed by atoms with van der Waals surface area (Å²) in [5.74, 6) is 0. The van der Waals surface area contributed by atoms with E-state index in [1.54, 1.807) is 0 Å². The van der Waals surface area contributed by atoms with Crippen molar-refractivity contribution in [3.63, 3.8) is 0 Å². The van der Waals surface area contributed by atoms with E-state index >= 15 is 0 Å². The van der Waals surface area contributed by atoms with Crippen molar-refractivity contribution in [2.24, 2.45) is 0 Å². The fourth-order valence-electron chi connectivity index (χ4n) is 3.82. The average molecular weight is 398 g/mol. The van der Waals surface area contributed by atoms with Gasteiger partial charge in [0.2, 0.25) is 0 Å². The van der Waals surface area contributed by atoms with Gasteiger partial charge in [0, 0.05) is 25.8 Å². The van der Waals surface area contributed by atoms with E-state index in [1.807, 2.05) is 0 Å². The highest BCUT2D eigenvalue weighted by Gasteiger charge is 2.32. The molecule has 3 N–H and O–H groups in total. The molecule has 4 heteroatoms. The number of unbranched alkanes of at least 4 members (excludes halogenated alkanes) is 12. The van der Waals surface area contributed by atoms with Crippen molar-refractivity contribution in [2.45, 2.75) is 121 Å². The Bertz CT molecular complexity index is 362. The summed E-state index contributed by atoms with van der Waals surface area (Å²) in [6, 6.07) is -0.0187. The minimum Gasteiger partial charge on any atom is -0.389 e. The van der Waals surface area contributed by atoms with Crippen molar-refractivity contribution >= 4 is 0 Å². The van der Waals surface area contributed by atoms with Crippen LogP contribution in [0.25, 0.3) is 0 Å². The van der Waals surface area contributed by atoms with E-state index in [2.05, 4.69) is 24.4 Å². The van der Waals surface area contributed by atoms with E-state index in [-0.39, 0.29) is 6.04 Å². The molecule has 1 aliphatic heterocycles. The Hall–Kier alpha value is -0.420. The highest BCUT2D eigenvalue weighted by atomic mass is 16.5. The first-order valence-electron chi connectivity index (χ1n) is 12.1. The van der Waals surface area contributed by atoms with E-state index in [0.29, 0.717) is 13.2 Å². The van der Waals surface area contributed by atoms with Gasteiger partial charge in [0.1, 0.15) is 0 Å². The van der Waals surface area contributed by atoms with Crippen molar-refractivity contribution in [1.82, 2.24) is 5.32 Å². The van der Waals surface area contributed by atoms with E-state index in [4.69, 9.17) is 4.74 Å². The van der Waals surface area contributed by atoms with Crippen molar-refractivity contribution < 1.29 is 14.9 Å².